The van der Waals surface area contributed by atoms with Gasteiger partial charge in [-0.25, -0.2) is 0 Å². The van der Waals surface area contributed by atoms with Crippen molar-refractivity contribution in [3.8, 4) is 12.8 Å². The molecule has 0 bridgehead atoms. The largest absolute Gasteiger partial charge is 0.481 e. The molecule has 0 heterocycles. The second-order valence-corrected chi connectivity index (χ2v) is 20.5. The maximum Gasteiger partial charge on any atom is 0.309 e. The first kappa shape index (κ1) is 76.6. The number of nitrogens with zero attached hydrogens (tertiary/aromatic N) is 1. The quantitative estimate of drug-likeness (QED) is 0.0968. The molecule has 5 aliphatic rings. The van der Waals surface area contributed by atoms with E-state index < -0.39 is 17.4 Å². The fourth-order valence-corrected chi connectivity index (χ4v) is 11.7. The number of terminal acetylenes is 1. The Bertz CT molecular complexity index is 1750. The minimum Gasteiger partial charge on any atom is -0.481 e. The molecule has 1 aromatic rings. The number of carbonyl (C=O) groups excluding carboxylic acids is 2. The van der Waals surface area contributed by atoms with Crippen LogP contribution in [-0.2, 0) is 19.2 Å². The van der Waals surface area contributed by atoms with E-state index in [2.05, 4.69) is 137 Å². The molecule has 0 aromatic heterocycles. The lowest BCUT2D eigenvalue weighted by Crippen LogP contribution is -2.51. The first-order valence-corrected chi connectivity index (χ1v) is 27.1. The standard InChI is InChI=1S/C29H45NO.C12H16.C6H10O4.C3H6O.C3H8.2C2H6.2C2H4.C2H2.CH4O/c1-17(2)26-25(31)16-29(15-19(4)30-6)14-12-20-21-7-9-23-18(3)11-13-28(23,5)24(21)10-8-22(20)27(26)29;1-9(2)11-5-7-12(8-6-11)10(3)4;1-6(2,5(9)10)3-4(7)8;1-2-3-4;1-3-2;6*1-2/h17-18,20-24H,7-16H2,1-6H3;5-8,10H,1H2,2-4H3;3H2,1-2H3,(H,7,8)(H,9,10);3H,2H2,1H3;3H2,1-2H3;2*1-2H3;2*1-2H2;1-2H;2H,1H3. The van der Waals surface area contributed by atoms with Crippen molar-refractivity contribution in [2.24, 2.45) is 62.7 Å². The zero-order valence-corrected chi connectivity index (χ0v) is 49.8. The van der Waals surface area contributed by atoms with Gasteiger partial charge in [-0.2, -0.15) is 0 Å². The van der Waals surface area contributed by atoms with Crippen LogP contribution < -0.4 is 0 Å². The van der Waals surface area contributed by atoms with Gasteiger partial charge in [-0.3, -0.25) is 19.4 Å². The predicted octanol–water partition coefficient (Wildman–Crippen LogP) is 17.2. The maximum absolute atomic E-state index is 13.4. The number of carbonyl (C=O) groups is 4. The number of aldehydes is 1. The molecule has 72 heavy (non-hydrogen) atoms. The Morgan fingerprint density at radius 3 is 1.67 bits per heavy atom. The SMILES string of the molecule is C#C.C=C.C=C.C=C(C)c1ccc(C(C)C)cc1.CC.CC.CC(C)(CC(=O)O)C(=O)O.CCC.CCC=O.CN=C(C)CC12CCC3C(CCC4C3CCC3C(C)CCC34C)C1=C(C(C)C)C(=O)C2.CO. The van der Waals surface area contributed by atoms with Crippen LogP contribution in [0.5, 0.6) is 0 Å². The van der Waals surface area contributed by atoms with Crippen molar-refractivity contribution in [3.63, 3.8) is 0 Å². The van der Waals surface area contributed by atoms with Crippen molar-refractivity contribution in [1.29, 1.82) is 0 Å². The molecule has 414 valence electrons. The molecule has 0 radical (unpaired) electrons. The van der Waals surface area contributed by atoms with Crippen LogP contribution >= 0.6 is 0 Å². The number of aliphatic hydroxyl groups is 1. The topological polar surface area (TPSA) is 141 Å². The van der Waals surface area contributed by atoms with Crippen LogP contribution in [0.15, 0.2) is 73.3 Å². The first-order valence-electron chi connectivity index (χ1n) is 27.1. The van der Waals surface area contributed by atoms with E-state index >= 15 is 0 Å². The van der Waals surface area contributed by atoms with E-state index in [1.54, 1.807) is 5.57 Å². The zero-order valence-electron chi connectivity index (χ0n) is 49.8. The van der Waals surface area contributed by atoms with Gasteiger partial charge in [0.15, 0.2) is 5.78 Å². The Labute approximate surface area is 444 Å². The second-order valence-electron chi connectivity index (χ2n) is 20.5. The number of Topliss-reactive ketones (excluding diaryl/α,β-unsaturated/α-hetero) is 1. The van der Waals surface area contributed by atoms with Crippen molar-refractivity contribution in [2.75, 3.05) is 14.2 Å². The van der Waals surface area contributed by atoms with E-state index in [1.165, 1.54) is 94.0 Å². The number of aliphatic imine (C=N–C) groups is 1. The van der Waals surface area contributed by atoms with Crippen LogP contribution in [-0.4, -0.2) is 59.2 Å². The van der Waals surface area contributed by atoms with Crippen LogP contribution in [0.25, 0.3) is 5.57 Å². The number of hydrogen-bond acceptors (Lipinski definition) is 6. The Morgan fingerprint density at radius 1 is 0.819 bits per heavy atom. The summed E-state index contributed by atoms with van der Waals surface area (Å²) in [6.07, 6.45) is 23.3. The van der Waals surface area contributed by atoms with Gasteiger partial charge < -0.3 is 20.1 Å². The lowest BCUT2D eigenvalue weighted by atomic mass is 9.46. The van der Waals surface area contributed by atoms with E-state index in [1.807, 2.05) is 48.6 Å². The highest BCUT2D eigenvalue weighted by atomic mass is 16.4. The summed E-state index contributed by atoms with van der Waals surface area (Å²) in [5.74, 6) is 4.50. The summed E-state index contributed by atoms with van der Waals surface area (Å²) in [6, 6.07) is 8.62. The number of benzene rings is 1. The smallest absolute Gasteiger partial charge is 0.309 e. The Kier molecular flexibility index (Phi) is 43.7. The highest BCUT2D eigenvalue weighted by Crippen LogP contribution is 2.68. The van der Waals surface area contributed by atoms with E-state index in [0.717, 1.165) is 61.4 Å². The summed E-state index contributed by atoms with van der Waals surface area (Å²) in [6.45, 7) is 51.1. The maximum atomic E-state index is 13.4. The molecule has 8 heteroatoms. The number of allylic oxidation sites excluding steroid dienone is 3. The van der Waals surface area contributed by atoms with Crippen LogP contribution in [0.2, 0.25) is 0 Å². The van der Waals surface area contributed by atoms with Gasteiger partial charge in [0.05, 0.1) is 11.8 Å². The number of carboxylic acids is 2. The van der Waals surface area contributed by atoms with E-state index in [9.17, 15) is 19.2 Å². The van der Waals surface area contributed by atoms with Gasteiger partial charge in [0.2, 0.25) is 0 Å². The summed E-state index contributed by atoms with van der Waals surface area (Å²) in [5, 5.41) is 23.7. The summed E-state index contributed by atoms with van der Waals surface area (Å²) < 4.78 is 0. The third-order valence-corrected chi connectivity index (χ3v) is 14.7. The summed E-state index contributed by atoms with van der Waals surface area (Å²) >= 11 is 0. The molecular weight excluding hydrogens is 895 g/mol. The molecule has 0 spiro atoms. The summed E-state index contributed by atoms with van der Waals surface area (Å²) in [4.78, 5) is 47.4. The normalized spacial score (nSPS) is 24.6. The lowest BCUT2D eigenvalue weighted by molar-refractivity contribution is -0.153. The number of aliphatic carboxylic acids is 2. The van der Waals surface area contributed by atoms with Crippen LogP contribution in [0.4, 0.5) is 0 Å². The van der Waals surface area contributed by atoms with Crippen LogP contribution in [0.1, 0.15) is 218 Å². The van der Waals surface area contributed by atoms with E-state index in [-0.39, 0.29) is 11.8 Å². The fraction of sp³-hybridized carbons (Fsp3) is 0.672. The number of fused-ring (bicyclic) bond motifs is 7. The molecule has 3 N–H and O–H groups in total. The molecule has 0 amide bonds. The Balaban J connectivity index is -0.000000303. The molecule has 6 rings (SSSR count). The summed E-state index contributed by atoms with van der Waals surface area (Å²) in [5.41, 5.74) is 7.39. The summed E-state index contributed by atoms with van der Waals surface area (Å²) in [7, 11) is 2.92. The van der Waals surface area contributed by atoms with Gasteiger partial charge in [0, 0.05) is 38.1 Å². The number of aliphatic hydroxyl groups excluding tert-OH is 1. The van der Waals surface area contributed by atoms with Crippen molar-refractivity contribution in [2.45, 2.75) is 207 Å². The van der Waals surface area contributed by atoms with Crippen molar-refractivity contribution < 1.29 is 34.5 Å². The highest BCUT2D eigenvalue weighted by Gasteiger charge is 2.60. The molecule has 4 fully saturated rings. The second kappa shape index (κ2) is 41.1. The number of ketones is 1. The molecular formula is C64H111NO7. The van der Waals surface area contributed by atoms with Gasteiger partial charge in [0.25, 0.3) is 0 Å². The molecule has 8 unspecified atom stereocenters. The van der Waals surface area contributed by atoms with Gasteiger partial charge in [0.1, 0.15) is 6.29 Å². The molecule has 0 aliphatic heterocycles. The molecule has 8 atom stereocenters. The van der Waals surface area contributed by atoms with Gasteiger partial charge in [-0.15, -0.1) is 39.2 Å². The van der Waals surface area contributed by atoms with Gasteiger partial charge in [-0.1, -0.05) is 138 Å². The van der Waals surface area contributed by atoms with Crippen LogP contribution in [0.3, 0.4) is 0 Å². The monoisotopic (exact) mass is 1010 g/mol. The zero-order chi connectivity index (χ0) is 57.7. The van der Waals surface area contributed by atoms with E-state index in [4.69, 9.17) is 15.3 Å². The lowest BCUT2D eigenvalue weighted by Gasteiger charge is -2.59. The van der Waals surface area contributed by atoms with Gasteiger partial charge >= 0.3 is 11.9 Å². The third-order valence-electron chi connectivity index (χ3n) is 14.7. The number of rotatable bonds is 9. The number of hydrogen-bond donors (Lipinski definition) is 3. The molecule has 5 aliphatic carbocycles. The van der Waals surface area contributed by atoms with Gasteiger partial charge in [-0.05, 0) is 155 Å². The van der Waals surface area contributed by atoms with Crippen molar-refractivity contribution in [1.82, 2.24) is 0 Å². The van der Waals surface area contributed by atoms with Crippen molar-refractivity contribution >= 4 is 35.3 Å². The highest BCUT2D eigenvalue weighted by molar-refractivity contribution is 6.01. The Morgan fingerprint density at radius 2 is 1.29 bits per heavy atom. The number of carboxylic acid groups (broad SMARTS) is 2. The molecule has 0 saturated heterocycles. The van der Waals surface area contributed by atoms with Crippen molar-refractivity contribution in [3.05, 3.63) is 79.4 Å². The molecule has 1 aromatic carbocycles. The average molecular weight is 1010 g/mol. The Hall–Kier alpha value is -4.35. The first-order chi connectivity index (χ1) is 34.0. The third kappa shape index (κ3) is 22.8. The molecule has 8 nitrogen and oxygen atoms in total. The average Bonchev–Trinajstić information content (AvgIpc) is 3.86. The predicted molar refractivity (Wildman–Crippen MR) is 314 cm³/mol. The van der Waals surface area contributed by atoms with E-state index in [0.29, 0.717) is 35.4 Å². The minimum atomic E-state index is -1.16. The molecule has 4 saturated carbocycles. The van der Waals surface area contributed by atoms with Crippen LogP contribution in [0, 0.1) is 70.5 Å². The minimum absolute atomic E-state index is 0.0945. The fourth-order valence-electron chi connectivity index (χ4n) is 11.7.